The minimum absolute atomic E-state index is 0.158. The highest BCUT2D eigenvalue weighted by atomic mass is 16.6. The number of esters is 2. The van der Waals surface area contributed by atoms with E-state index in [1.54, 1.807) is 0 Å². The lowest BCUT2D eigenvalue weighted by Crippen LogP contribution is -2.36. The van der Waals surface area contributed by atoms with Crippen molar-refractivity contribution >= 4 is 11.9 Å². The molecule has 0 saturated heterocycles. The van der Waals surface area contributed by atoms with E-state index in [0.29, 0.717) is 12.8 Å². The van der Waals surface area contributed by atoms with Crippen molar-refractivity contribution in [3.63, 3.8) is 0 Å². The first-order valence-corrected chi connectivity index (χ1v) is 20.7. The number of ether oxygens (including phenoxy) is 2. The zero-order chi connectivity index (χ0) is 34.0. The molecule has 0 rings (SSSR count). The van der Waals surface area contributed by atoms with E-state index in [2.05, 4.69) is 13.8 Å². The van der Waals surface area contributed by atoms with E-state index >= 15 is 0 Å². The number of rotatable bonds is 35. The molecule has 4 heteroatoms. The van der Waals surface area contributed by atoms with Crippen LogP contribution in [0.4, 0.5) is 0 Å². The Kier molecular flexibility index (Phi) is 33.0. The molecule has 274 valence electrons. The van der Waals surface area contributed by atoms with Gasteiger partial charge in [-0.15, -0.1) is 0 Å². The summed E-state index contributed by atoms with van der Waals surface area (Å²) in [4.78, 5) is 24.9. The van der Waals surface area contributed by atoms with Crippen LogP contribution in [0.3, 0.4) is 0 Å². The molecular formula is C42H82O4. The number of unbranched alkanes of at least 4 members (excludes halogenated alkanes) is 28. The third kappa shape index (κ3) is 32.9. The molecule has 0 bridgehead atoms. The van der Waals surface area contributed by atoms with Crippen LogP contribution in [0.1, 0.15) is 240 Å². The molecule has 0 aromatic rings. The summed E-state index contributed by atoms with van der Waals surface area (Å²) in [6.07, 6.45) is 39.9. The minimum atomic E-state index is -0.402. The lowest BCUT2D eigenvalue weighted by atomic mass is 9.89. The van der Waals surface area contributed by atoms with Gasteiger partial charge in [-0.05, 0) is 12.8 Å². The second kappa shape index (κ2) is 33.8. The first kappa shape index (κ1) is 44.9. The molecule has 4 nitrogen and oxygen atoms in total. The van der Waals surface area contributed by atoms with E-state index in [1.165, 1.54) is 167 Å². The second-order valence-electron chi connectivity index (χ2n) is 15.4. The Bertz CT molecular complexity index is 653. The predicted octanol–water partition coefficient (Wildman–Crippen LogP) is 14.0. The molecule has 46 heavy (non-hydrogen) atoms. The molecule has 0 aromatic heterocycles. The molecule has 0 amide bonds. The summed E-state index contributed by atoms with van der Waals surface area (Å²) in [7, 11) is 0. The highest BCUT2D eigenvalue weighted by Crippen LogP contribution is 2.24. The first-order chi connectivity index (χ1) is 22.3. The average molecular weight is 651 g/mol. The minimum Gasteiger partial charge on any atom is -0.462 e. The summed E-state index contributed by atoms with van der Waals surface area (Å²) in [5, 5.41) is 0. The van der Waals surface area contributed by atoms with Gasteiger partial charge < -0.3 is 9.47 Å². The fourth-order valence-corrected chi connectivity index (χ4v) is 6.20. The largest absolute Gasteiger partial charge is 0.462 e. The van der Waals surface area contributed by atoms with Gasteiger partial charge in [0.05, 0.1) is 0 Å². The quantitative estimate of drug-likeness (QED) is 0.0506. The van der Waals surface area contributed by atoms with Crippen molar-refractivity contribution in [1.29, 1.82) is 0 Å². The Labute approximate surface area is 288 Å². The number of hydrogen-bond acceptors (Lipinski definition) is 4. The maximum absolute atomic E-state index is 12.5. The molecular weight excluding hydrogens is 568 g/mol. The van der Waals surface area contributed by atoms with Gasteiger partial charge in [0.15, 0.2) is 0 Å². The number of hydrogen-bond donors (Lipinski definition) is 0. The van der Waals surface area contributed by atoms with Crippen LogP contribution in [0.15, 0.2) is 0 Å². The van der Waals surface area contributed by atoms with Gasteiger partial charge in [0.1, 0.15) is 12.7 Å². The summed E-state index contributed by atoms with van der Waals surface area (Å²) in [6.45, 7) is 10.8. The normalized spacial score (nSPS) is 12.4. The molecule has 0 aliphatic heterocycles. The van der Waals surface area contributed by atoms with Crippen LogP contribution in [0.2, 0.25) is 0 Å². The lowest BCUT2D eigenvalue weighted by Gasteiger charge is -2.29. The molecule has 0 spiro atoms. The summed E-state index contributed by atoms with van der Waals surface area (Å²) >= 11 is 0. The number of carbonyl (C=O) groups excluding carboxylic acids is 2. The van der Waals surface area contributed by atoms with Gasteiger partial charge in [-0.3, -0.25) is 9.59 Å². The topological polar surface area (TPSA) is 52.6 Å². The van der Waals surface area contributed by atoms with E-state index in [4.69, 9.17) is 9.47 Å². The van der Waals surface area contributed by atoms with Gasteiger partial charge in [0, 0.05) is 18.3 Å². The van der Waals surface area contributed by atoms with Crippen LogP contribution in [-0.2, 0) is 19.1 Å². The maximum atomic E-state index is 12.5. The SMILES string of the molecule is CCCCCCCCCCCCCCCCCC(=O)OCC(OC(=O)CCCCCCCCCCCCCCCCC)C(C)(C)C. The fraction of sp³-hybridized carbons (Fsp3) is 0.952. The smallest absolute Gasteiger partial charge is 0.306 e. The van der Waals surface area contributed by atoms with Crippen molar-refractivity contribution in [3.8, 4) is 0 Å². The van der Waals surface area contributed by atoms with Crippen molar-refractivity contribution < 1.29 is 19.1 Å². The highest BCUT2D eigenvalue weighted by Gasteiger charge is 2.29. The molecule has 0 aromatic carbocycles. The predicted molar refractivity (Wildman–Crippen MR) is 199 cm³/mol. The fourth-order valence-electron chi connectivity index (χ4n) is 6.20. The molecule has 0 fully saturated rings. The van der Waals surface area contributed by atoms with Crippen LogP contribution in [-0.4, -0.2) is 24.6 Å². The summed E-state index contributed by atoms with van der Waals surface area (Å²) in [6, 6.07) is 0. The van der Waals surface area contributed by atoms with Crippen molar-refractivity contribution in [2.24, 2.45) is 5.41 Å². The highest BCUT2D eigenvalue weighted by molar-refractivity contribution is 5.70. The monoisotopic (exact) mass is 651 g/mol. The zero-order valence-electron chi connectivity index (χ0n) is 32.0. The first-order valence-electron chi connectivity index (χ1n) is 20.7. The van der Waals surface area contributed by atoms with Gasteiger partial charge in [-0.25, -0.2) is 0 Å². The second-order valence-corrected chi connectivity index (χ2v) is 15.4. The van der Waals surface area contributed by atoms with E-state index in [0.717, 1.165) is 25.7 Å². The molecule has 0 radical (unpaired) electrons. The summed E-state index contributed by atoms with van der Waals surface area (Å²) in [5.74, 6) is -0.324. The van der Waals surface area contributed by atoms with E-state index in [9.17, 15) is 9.59 Å². The van der Waals surface area contributed by atoms with Crippen LogP contribution < -0.4 is 0 Å². The van der Waals surface area contributed by atoms with Gasteiger partial charge in [0.2, 0.25) is 0 Å². The maximum Gasteiger partial charge on any atom is 0.306 e. The van der Waals surface area contributed by atoms with Gasteiger partial charge in [0.25, 0.3) is 0 Å². The molecule has 1 unspecified atom stereocenters. The molecule has 0 saturated carbocycles. The van der Waals surface area contributed by atoms with Gasteiger partial charge >= 0.3 is 11.9 Å². The van der Waals surface area contributed by atoms with Crippen LogP contribution in [0.5, 0.6) is 0 Å². The third-order valence-corrected chi connectivity index (χ3v) is 9.60. The lowest BCUT2D eigenvalue weighted by molar-refractivity contribution is -0.166. The Hall–Kier alpha value is -1.06. The third-order valence-electron chi connectivity index (χ3n) is 9.60. The molecule has 0 N–H and O–H groups in total. The van der Waals surface area contributed by atoms with Crippen molar-refractivity contribution in [3.05, 3.63) is 0 Å². The Balaban J connectivity index is 3.73. The van der Waals surface area contributed by atoms with Crippen LogP contribution in [0, 0.1) is 5.41 Å². The van der Waals surface area contributed by atoms with E-state index in [1.807, 2.05) is 20.8 Å². The van der Waals surface area contributed by atoms with Gasteiger partial charge in [-0.2, -0.15) is 0 Å². The molecule has 0 aliphatic carbocycles. The summed E-state index contributed by atoms with van der Waals surface area (Å²) < 4.78 is 11.4. The van der Waals surface area contributed by atoms with Crippen LogP contribution in [0.25, 0.3) is 0 Å². The molecule has 1 atom stereocenters. The van der Waals surface area contributed by atoms with Crippen molar-refractivity contribution in [2.75, 3.05) is 6.61 Å². The zero-order valence-corrected chi connectivity index (χ0v) is 32.0. The van der Waals surface area contributed by atoms with E-state index in [-0.39, 0.29) is 24.0 Å². The van der Waals surface area contributed by atoms with Crippen molar-refractivity contribution in [2.45, 2.75) is 246 Å². The standard InChI is InChI=1S/C42H82O4/c1-6-8-10-12-14-16-18-20-22-24-26-28-30-32-34-36-40(43)45-38-39(42(3,4)5)46-41(44)37-35-33-31-29-27-25-23-21-19-17-15-13-11-9-7-2/h39H,6-38H2,1-5H3. The molecule has 0 heterocycles. The Morgan fingerprint density at radius 3 is 0.957 bits per heavy atom. The Morgan fingerprint density at radius 1 is 0.413 bits per heavy atom. The summed E-state index contributed by atoms with van der Waals surface area (Å²) in [5.41, 5.74) is -0.264. The Morgan fingerprint density at radius 2 is 0.674 bits per heavy atom. The number of carbonyl (C=O) groups is 2. The average Bonchev–Trinajstić information content (AvgIpc) is 3.02. The molecule has 0 aliphatic rings. The van der Waals surface area contributed by atoms with Crippen LogP contribution >= 0.6 is 0 Å². The van der Waals surface area contributed by atoms with Crippen molar-refractivity contribution in [1.82, 2.24) is 0 Å². The van der Waals surface area contributed by atoms with Gasteiger partial charge in [-0.1, -0.05) is 214 Å². The van der Waals surface area contributed by atoms with E-state index < -0.39 is 6.10 Å².